The third kappa shape index (κ3) is 2.58. The van der Waals surface area contributed by atoms with Crippen molar-refractivity contribution in [3.8, 4) is 5.82 Å². The molecule has 2 aromatic heterocycles. The highest BCUT2D eigenvalue weighted by Gasteiger charge is 2.11. The molecule has 2 heterocycles. The molecule has 0 fully saturated rings. The van der Waals surface area contributed by atoms with Gasteiger partial charge in [0.1, 0.15) is 24.8 Å². The van der Waals surface area contributed by atoms with E-state index in [0.29, 0.717) is 17.2 Å². The van der Waals surface area contributed by atoms with Crippen molar-refractivity contribution in [2.45, 2.75) is 0 Å². The van der Waals surface area contributed by atoms with E-state index in [1.165, 1.54) is 23.7 Å². The van der Waals surface area contributed by atoms with E-state index in [-0.39, 0.29) is 5.91 Å². The van der Waals surface area contributed by atoms with Crippen molar-refractivity contribution in [3.63, 3.8) is 0 Å². The predicted octanol–water partition coefficient (Wildman–Crippen LogP) is 2.46. The Morgan fingerprint density at radius 1 is 1.00 bits per heavy atom. The highest BCUT2D eigenvalue weighted by Crippen LogP contribution is 2.19. The van der Waals surface area contributed by atoms with E-state index >= 15 is 0 Å². The van der Waals surface area contributed by atoms with E-state index in [2.05, 4.69) is 25.4 Å². The minimum Gasteiger partial charge on any atom is -0.306 e. The first-order chi connectivity index (χ1) is 11.8. The fourth-order valence-corrected chi connectivity index (χ4v) is 2.47. The summed E-state index contributed by atoms with van der Waals surface area (Å²) >= 11 is 0. The zero-order chi connectivity index (χ0) is 16.4. The van der Waals surface area contributed by atoms with Gasteiger partial charge in [0, 0.05) is 11.6 Å². The van der Waals surface area contributed by atoms with Gasteiger partial charge in [0.25, 0.3) is 5.91 Å². The summed E-state index contributed by atoms with van der Waals surface area (Å²) in [7, 11) is 0. The number of aromatic nitrogens is 5. The van der Waals surface area contributed by atoms with Crippen molar-refractivity contribution >= 4 is 22.5 Å². The highest BCUT2D eigenvalue weighted by molar-refractivity contribution is 6.12. The van der Waals surface area contributed by atoms with Crippen LogP contribution in [0.15, 0.2) is 67.5 Å². The number of anilines is 1. The van der Waals surface area contributed by atoms with E-state index in [1.807, 2.05) is 36.4 Å². The number of nitrogens with zero attached hydrogens (tertiary/aromatic N) is 5. The van der Waals surface area contributed by atoms with Crippen molar-refractivity contribution in [2.24, 2.45) is 0 Å². The second-order valence-corrected chi connectivity index (χ2v) is 5.08. The van der Waals surface area contributed by atoms with Gasteiger partial charge in [-0.15, -0.1) is 0 Å². The standard InChI is InChI=1S/C17H12N6O/c24-17(14-7-3-5-12-4-1-2-6-13(12)14)22-15-8-16(20-10-19-15)23-11-18-9-21-23/h1-11H,(H,19,20,22,24). The normalized spacial score (nSPS) is 10.7. The van der Waals surface area contributed by atoms with Gasteiger partial charge in [0.2, 0.25) is 0 Å². The molecular formula is C17H12N6O. The minimum atomic E-state index is -0.227. The van der Waals surface area contributed by atoms with Gasteiger partial charge in [0.05, 0.1) is 0 Å². The Kier molecular flexibility index (Phi) is 3.43. The Hall–Kier alpha value is -3.61. The molecule has 116 valence electrons. The minimum absolute atomic E-state index is 0.227. The van der Waals surface area contributed by atoms with E-state index < -0.39 is 0 Å². The lowest BCUT2D eigenvalue weighted by Gasteiger charge is -2.08. The van der Waals surface area contributed by atoms with Crippen molar-refractivity contribution in [3.05, 3.63) is 73.1 Å². The number of hydrogen-bond acceptors (Lipinski definition) is 5. The van der Waals surface area contributed by atoms with Crippen molar-refractivity contribution in [1.29, 1.82) is 0 Å². The molecule has 0 aliphatic carbocycles. The molecule has 0 radical (unpaired) electrons. The van der Waals surface area contributed by atoms with Crippen molar-refractivity contribution < 1.29 is 4.79 Å². The topological polar surface area (TPSA) is 85.6 Å². The smallest absolute Gasteiger partial charge is 0.257 e. The van der Waals surface area contributed by atoms with Gasteiger partial charge >= 0.3 is 0 Å². The van der Waals surface area contributed by atoms with Gasteiger partial charge < -0.3 is 5.32 Å². The fraction of sp³-hybridized carbons (Fsp3) is 0. The molecule has 1 N–H and O–H groups in total. The van der Waals surface area contributed by atoms with Crippen LogP contribution in [-0.2, 0) is 0 Å². The Morgan fingerprint density at radius 2 is 1.88 bits per heavy atom. The number of carbonyl (C=O) groups excluding carboxylic acids is 1. The summed E-state index contributed by atoms with van der Waals surface area (Å²) in [6.45, 7) is 0. The highest BCUT2D eigenvalue weighted by atomic mass is 16.1. The summed E-state index contributed by atoms with van der Waals surface area (Å²) in [6, 6.07) is 15.0. The van der Waals surface area contributed by atoms with Crippen LogP contribution in [0, 0.1) is 0 Å². The average molecular weight is 316 g/mol. The van der Waals surface area contributed by atoms with E-state index in [9.17, 15) is 4.79 Å². The van der Waals surface area contributed by atoms with Crippen LogP contribution in [0.25, 0.3) is 16.6 Å². The Labute approximate surface area is 137 Å². The van der Waals surface area contributed by atoms with Crippen LogP contribution in [0.5, 0.6) is 0 Å². The van der Waals surface area contributed by atoms with E-state index in [4.69, 9.17) is 0 Å². The molecule has 0 atom stereocenters. The maximum atomic E-state index is 12.6. The summed E-state index contributed by atoms with van der Waals surface area (Å²) in [5, 5.41) is 8.71. The van der Waals surface area contributed by atoms with E-state index in [0.717, 1.165) is 10.8 Å². The van der Waals surface area contributed by atoms with Crippen LogP contribution in [0.1, 0.15) is 10.4 Å². The lowest BCUT2D eigenvalue weighted by Crippen LogP contribution is -2.14. The molecule has 24 heavy (non-hydrogen) atoms. The fourth-order valence-electron chi connectivity index (χ4n) is 2.47. The molecule has 1 amide bonds. The van der Waals surface area contributed by atoms with Gasteiger partial charge in [0.15, 0.2) is 5.82 Å². The molecule has 0 saturated carbocycles. The summed E-state index contributed by atoms with van der Waals surface area (Å²) in [4.78, 5) is 24.7. The molecule has 0 aliphatic heterocycles. The van der Waals surface area contributed by atoms with Crippen LogP contribution in [-0.4, -0.2) is 30.6 Å². The number of benzene rings is 2. The second-order valence-electron chi connectivity index (χ2n) is 5.08. The lowest BCUT2D eigenvalue weighted by atomic mass is 10.0. The maximum Gasteiger partial charge on any atom is 0.257 e. The van der Waals surface area contributed by atoms with Crippen molar-refractivity contribution in [2.75, 3.05) is 5.32 Å². The van der Waals surface area contributed by atoms with Gasteiger partial charge in [-0.2, -0.15) is 5.10 Å². The van der Waals surface area contributed by atoms with Crippen LogP contribution >= 0.6 is 0 Å². The average Bonchev–Trinajstić information content (AvgIpc) is 3.16. The van der Waals surface area contributed by atoms with Crippen molar-refractivity contribution in [1.82, 2.24) is 24.7 Å². The number of nitrogens with one attached hydrogen (secondary N) is 1. The molecule has 0 unspecified atom stereocenters. The number of hydrogen-bond donors (Lipinski definition) is 1. The summed E-state index contributed by atoms with van der Waals surface area (Å²) in [5.41, 5.74) is 0.592. The summed E-state index contributed by atoms with van der Waals surface area (Å²) in [5.74, 6) is 0.694. The van der Waals surface area contributed by atoms with Gasteiger partial charge in [-0.1, -0.05) is 36.4 Å². The first-order valence-electron chi connectivity index (χ1n) is 7.27. The number of carbonyl (C=O) groups is 1. The molecule has 4 rings (SSSR count). The lowest BCUT2D eigenvalue weighted by molar-refractivity contribution is 0.102. The SMILES string of the molecule is O=C(Nc1cc(-n2cncn2)ncn1)c1cccc2ccccc12. The third-order valence-electron chi connectivity index (χ3n) is 3.58. The number of amides is 1. The molecule has 7 heteroatoms. The van der Waals surface area contributed by atoms with Crippen LogP contribution in [0.2, 0.25) is 0 Å². The quantitative estimate of drug-likeness (QED) is 0.627. The molecule has 0 saturated heterocycles. The largest absolute Gasteiger partial charge is 0.306 e. The van der Waals surface area contributed by atoms with Gasteiger partial charge in [-0.05, 0) is 16.8 Å². The molecule has 4 aromatic rings. The third-order valence-corrected chi connectivity index (χ3v) is 3.58. The molecule has 7 nitrogen and oxygen atoms in total. The molecule has 2 aromatic carbocycles. The Balaban J connectivity index is 1.66. The number of fused-ring (bicyclic) bond motifs is 1. The first kappa shape index (κ1) is 14.0. The Bertz CT molecular complexity index is 1010. The molecule has 0 bridgehead atoms. The van der Waals surface area contributed by atoms with Crippen LogP contribution < -0.4 is 5.32 Å². The van der Waals surface area contributed by atoms with Crippen LogP contribution in [0.3, 0.4) is 0 Å². The van der Waals surface area contributed by atoms with Crippen LogP contribution in [0.4, 0.5) is 5.82 Å². The van der Waals surface area contributed by atoms with Gasteiger partial charge in [-0.25, -0.2) is 19.6 Å². The zero-order valence-corrected chi connectivity index (χ0v) is 12.5. The summed E-state index contributed by atoms with van der Waals surface area (Å²) < 4.78 is 1.50. The summed E-state index contributed by atoms with van der Waals surface area (Å²) in [6.07, 6.45) is 4.31. The molecule has 0 aliphatic rings. The van der Waals surface area contributed by atoms with E-state index in [1.54, 1.807) is 12.1 Å². The molecule has 0 spiro atoms. The zero-order valence-electron chi connectivity index (χ0n) is 12.5. The monoisotopic (exact) mass is 316 g/mol. The van der Waals surface area contributed by atoms with Gasteiger partial charge in [-0.3, -0.25) is 4.79 Å². The predicted molar refractivity (Wildman–Crippen MR) is 88.9 cm³/mol. The second kappa shape index (κ2) is 5.88. The first-order valence-corrected chi connectivity index (χ1v) is 7.27. The number of rotatable bonds is 3. The Morgan fingerprint density at radius 3 is 2.75 bits per heavy atom. The molecular weight excluding hydrogens is 304 g/mol. The maximum absolute atomic E-state index is 12.6.